The van der Waals surface area contributed by atoms with Crippen LogP contribution in [0.2, 0.25) is 0 Å². The van der Waals surface area contributed by atoms with Crippen LogP contribution >= 0.6 is 0 Å². The van der Waals surface area contributed by atoms with Crippen molar-refractivity contribution in [1.82, 2.24) is 5.32 Å². The van der Waals surface area contributed by atoms with Gasteiger partial charge in [0.15, 0.2) is 18.7 Å². The highest BCUT2D eigenvalue weighted by molar-refractivity contribution is 5.81. The van der Waals surface area contributed by atoms with E-state index in [1.165, 1.54) is 0 Å². The summed E-state index contributed by atoms with van der Waals surface area (Å²) in [6, 6.07) is 0. The number of rotatable bonds is 17. The predicted molar refractivity (Wildman–Crippen MR) is 137 cm³/mol. The maximum Gasteiger partial charge on any atom is 0.251 e. The van der Waals surface area contributed by atoms with Gasteiger partial charge in [0.25, 0.3) is 5.91 Å². The first-order valence-corrected chi connectivity index (χ1v) is 13.8. The van der Waals surface area contributed by atoms with Crippen molar-refractivity contribution in [2.24, 2.45) is 5.73 Å². The molecule has 14 atom stereocenters. The van der Waals surface area contributed by atoms with E-state index in [-0.39, 0.29) is 6.54 Å². The van der Waals surface area contributed by atoms with E-state index >= 15 is 0 Å². The number of unbranched alkanes of at least 4 members (excludes halogenated alkanes) is 3. The van der Waals surface area contributed by atoms with Crippen LogP contribution in [-0.2, 0) is 23.7 Å². The minimum absolute atomic E-state index is 0.210. The Morgan fingerprint density at radius 1 is 0.738 bits per heavy atom. The summed E-state index contributed by atoms with van der Waals surface area (Å²) >= 11 is 0. The molecule has 0 aromatic rings. The van der Waals surface area contributed by atoms with E-state index in [1.807, 2.05) is 0 Å². The molecule has 0 aliphatic carbocycles. The number of nitrogens with one attached hydrogen (secondary N) is 1. The average molecular weight is 619 g/mol. The molecule has 0 bridgehead atoms. The van der Waals surface area contributed by atoms with E-state index in [4.69, 9.17) is 24.7 Å². The summed E-state index contributed by atoms with van der Waals surface area (Å²) < 4.78 is 21.1. The number of carbonyl (C=O) groups excluding carboxylic acids is 1. The van der Waals surface area contributed by atoms with Crippen LogP contribution in [-0.4, -0.2) is 181 Å². The molecular formula is C24H46N2O16. The Balaban J connectivity index is 1.86. The second-order valence-electron chi connectivity index (χ2n) is 10.4. The molecule has 2 aliphatic rings. The summed E-state index contributed by atoms with van der Waals surface area (Å²) in [6.07, 6.45) is -21.7. The molecule has 2 saturated heterocycles. The first-order chi connectivity index (χ1) is 19.8. The second kappa shape index (κ2) is 18.0. The highest BCUT2D eigenvalue weighted by Crippen LogP contribution is 2.26. The van der Waals surface area contributed by atoms with E-state index in [2.05, 4.69) is 5.32 Å². The summed E-state index contributed by atoms with van der Waals surface area (Å²) in [6.45, 7) is -1.41. The number of carbonyl (C=O) groups is 1. The summed E-state index contributed by atoms with van der Waals surface area (Å²) in [5.74, 6) is -0.973. The molecule has 1 amide bonds. The third kappa shape index (κ3) is 9.92. The van der Waals surface area contributed by atoms with Crippen LogP contribution in [0.1, 0.15) is 25.7 Å². The van der Waals surface area contributed by atoms with Crippen molar-refractivity contribution >= 4 is 5.91 Å². The number of ether oxygens (including phenoxy) is 4. The monoisotopic (exact) mass is 618 g/mol. The molecule has 0 aromatic carbocycles. The molecule has 2 heterocycles. The quantitative estimate of drug-likeness (QED) is 0.0673. The fourth-order valence-electron chi connectivity index (χ4n) is 4.39. The fraction of sp³-hybridized carbons (Fsp3) is 0.958. The highest BCUT2D eigenvalue weighted by Gasteiger charge is 2.48. The van der Waals surface area contributed by atoms with Crippen LogP contribution in [0.4, 0.5) is 0 Å². The molecule has 0 spiro atoms. The van der Waals surface area contributed by atoms with Gasteiger partial charge in [-0.2, -0.15) is 0 Å². The van der Waals surface area contributed by atoms with Crippen LogP contribution < -0.4 is 11.1 Å². The molecule has 2 aliphatic heterocycles. The molecule has 0 saturated carbocycles. The van der Waals surface area contributed by atoms with E-state index in [9.17, 15) is 61.0 Å². The summed E-state index contributed by atoms with van der Waals surface area (Å²) in [5, 5.41) is 113. The van der Waals surface area contributed by atoms with Crippen LogP contribution in [0.3, 0.4) is 0 Å². The molecule has 2 rings (SSSR count). The van der Waals surface area contributed by atoms with Gasteiger partial charge in [0.2, 0.25) is 0 Å². The maximum atomic E-state index is 12.1. The van der Waals surface area contributed by atoms with E-state index in [0.29, 0.717) is 13.0 Å². The Bertz CT molecular complexity index is 783. The van der Waals surface area contributed by atoms with Gasteiger partial charge in [-0.25, -0.2) is 0 Å². The number of hydrogen-bond donors (Lipinski definition) is 13. The third-order valence-corrected chi connectivity index (χ3v) is 7.14. The Hall–Kier alpha value is -1.17. The third-order valence-electron chi connectivity index (χ3n) is 7.14. The highest BCUT2D eigenvalue weighted by atomic mass is 16.7. The topological polar surface area (TPSA) is 315 Å². The first-order valence-electron chi connectivity index (χ1n) is 13.8. The predicted octanol–water partition coefficient (Wildman–Crippen LogP) is -7.29. The van der Waals surface area contributed by atoms with Crippen molar-refractivity contribution in [3.05, 3.63) is 0 Å². The van der Waals surface area contributed by atoms with Crippen molar-refractivity contribution in [3.8, 4) is 0 Å². The maximum absolute atomic E-state index is 12.1. The lowest BCUT2D eigenvalue weighted by atomic mass is 9.98. The largest absolute Gasteiger partial charge is 0.394 e. The van der Waals surface area contributed by atoms with Crippen molar-refractivity contribution in [2.45, 2.75) is 112 Å². The molecule has 0 radical (unpaired) electrons. The molecule has 18 heteroatoms. The van der Waals surface area contributed by atoms with E-state index < -0.39 is 112 Å². The second-order valence-corrected chi connectivity index (χ2v) is 10.4. The van der Waals surface area contributed by atoms with E-state index in [0.717, 1.165) is 19.3 Å². The van der Waals surface area contributed by atoms with Gasteiger partial charge >= 0.3 is 0 Å². The molecule has 42 heavy (non-hydrogen) atoms. The van der Waals surface area contributed by atoms with Crippen molar-refractivity contribution in [2.75, 3.05) is 32.9 Å². The zero-order chi connectivity index (χ0) is 31.6. The lowest BCUT2D eigenvalue weighted by molar-refractivity contribution is -0.333. The molecule has 0 unspecified atom stereocenters. The molecule has 248 valence electrons. The van der Waals surface area contributed by atoms with Crippen molar-refractivity contribution in [1.29, 1.82) is 0 Å². The lowest BCUT2D eigenvalue weighted by Crippen LogP contribution is -2.62. The minimum atomic E-state index is -2.12. The van der Waals surface area contributed by atoms with Crippen molar-refractivity contribution < 1.29 is 79.9 Å². The standard InChI is InChI=1S/C24H46N2O16/c25-5-3-1-2-4-6-26-22(38)19(35)16(32)13(29)10(28)8-39-23-21(37)18(34)15(31)12(42-23)9-40-24-20(36)17(33)14(30)11(7-27)41-24/h10-21,23-24,27-37H,1-9,25H2,(H,26,38)/t10-,11-,12-,13-,14-,15-,16+,17+,18+,19-,20-,21-,23+,24+/m1/s1. The number of hydrogen-bond acceptors (Lipinski definition) is 17. The molecule has 0 aromatic heterocycles. The summed E-state index contributed by atoms with van der Waals surface area (Å²) in [5.41, 5.74) is 5.40. The van der Waals surface area contributed by atoms with Crippen LogP contribution in [0, 0.1) is 0 Å². The van der Waals surface area contributed by atoms with Gasteiger partial charge in [0, 0.05) is 6.54 Å². The number of nitrogens with two attached hydrogens (primary N) is 1. The number of amides is 1. The molecule has 2 fully saturated rings. The van der Waals surface area contributed by atoms with E-state index in [1.54, 1.807) is 0 Å². The van der Waals surface area contributed by atoms with Gasteiger partial charge in [-0.05, 0) is 19.4 Å². The fourth-order valence-corrected chi connectivity index (χ4v) is 4.39. The Labute approximate surface area is 241 Å². The van der Waals surface area contributed by atoms with Gasteiger partial charge in [0.05, 0.1) is 19.8 Å². The zero-order valence-electron chi connectivity index (χ0n) is 23.0. The van der Waals surface area contributed by atoms with Crippen LogP contribution in [0.5, 0.6) is 0 Å². The summed E-state index contributed by atoms with van der Waals surface area (Å²) in [4.78, 5) is 12.1. The smallest absolute Gasteiger partial charge is 0.251 e. The van der Waals surface area contributed by atoms with Gasteiger partial charge < -0.3 is 86.2 Å². The SMILES string of the molecule is NCCCCCCNC(=O)[C@H](O)[C@@H](O)[C@H](O)[C@H](O)CO[C@H]1O[C@H](CO[C@H]2O[C@H](CO)[C@@H](O)[C@H](O)[C@H]2O)[C@@H](O)[C@H](O)[C@H]1O. The molecule has 14 N–H and O–H groups in total. The lowest BCUT2D eigenvalue weighted by Gasteiger charge is -2.42. The van der Waals surface area contributed by atoms with Crippen LogP contribution in [0.25, 0.3) is 0 Å². The van der Waals surface area contributed by atoms with Crippen LogP contribution in [0.15, 0.2) is 0 Å². The Morgan fingerprint density at radius 3 is 1.88 bits per heavy atom. The zero-order valence-corrected chi connectivity index (χ0v) is 23.0. The molecular weight excluding hydrogens is 572 g/mol. The van der Waals surface area contributed by atoms with Gasteiger partial charge in [-0.3, -0.25) is 4.79 Å². The van der Waals surface area contributed by atoms with Crippen molar-refractivity contribution in [3.63, 3.8) is 0 Å². The summed E-state index contributed by atoms with van der Waals surface area (Å²) in [7, 11) is 0. The Kier molecular flexibility index (Phi) is 15.8. The van der Waals surface area contributed by atoms with Gasteiger partial charge in [-0.1, -0.05) is 12.8 Å². The number of aliphatic hydroxyl groups is 11. The van der Waals surface area contributed by atoms with Gasteiger partial charge in [0.1, 0.15) is 67.1 Å². The average Bonchev–Trinajstić information content (AvgIpc) is 2.98. The number of aliphatic hydroxyl groups excluding tert-OH is 11. The minimum Gasteiger partial charge on any atom is -0.394 e. The first kappa shape index (κ1) is 37.0. The normalized spacial score (nSPS) is 36.7. The molecule has 18 nitrogen and oxygen atoms in total. The Morgan fingerprint density at radius 2 is 1.29 bits per heavy atom. The van der Waals surface area contributed by atoms with Gasteiger partial charge in [-0.15, -0.1) is 0 Å².